The Morgan fingerprint density at radius 2 is 1.95 bits per heavy atom. The molecule has 1 aliphatic carbocycles. The predicted molar refractivity (Wildman–Crippen MR) is 92.2 cm³/mol. The summed E-state index contributed by atoms with van der Waals surface area (Å²) in [5.74, 6) is 0.980. The maximum absolute atomic E-state index is 4.50. The van der Waals surface area contributed by atoms with Crippen LogP contribution < -0.4 is 5.32 Å². The molecule has 0 atom stereocenters. The van der Waals surface area contributed by atoms with Crippen molar-refractivity contribution in [3.05, 3.63) is 30.1 Å². The highest BCUT2D eigenvalue weighted by Gasteiger charge is 2.34. The Morgan fingerprint density at radius 3 is 2.68 bits per heavy atom. The molecule has 1 fully saturated rings. The highest BCUT2D eigenvalue weighted by molar-refractivity contribution is 5.91. The molecule has 0 unspecified atom stereocenters. The van der Waals surface area contributed by atoms with E-state index in [9.17, 15) is 0 Å². The Hall–Kier alpha value is -1.68. The van der Waals surface area contributed by atoms with Gasteiger partial charge in [0.15, 0.2) is 0 Å². The van der Waals surface area contributed by atoms with Gasteiger partial charge in [0, 0.05) is 23.9 Å². The van der Waals surface area contributed by atoms with Crippen LogP contribution in [0.3, 0.4) is 0 Å². The third-order valence-corrected chi connectivity index (χ3v) is 4.82. The first-order valence-electron chi connectivity index (χ1n) is 8.19. The van der Waals surface area contributed by atoms with Crippen molar-refractivity contribution in [2.24, 2.45) is 5.41 Å². The predicted octanol–water partition coefficient (Wildman–Crippen LogP) is 3.47. The molecule has 1 aromatic carbocycles. The molecule has 1 saturated carbocycles. The number of nitrogens with one attached hydrogen (secondary N) is 1. The van der Waals surface area contributed by atoms with Gasteiger partial charge in [-0.2, -0.15) is 0 Å². The van der Waals surface area contributed by atoms with Gasteiger partial charge in [0.25, 0.3) is 0 Å². The molecule has 0 radical (unpaired) electrons. The van der Waals surface area contributed by atoms with E-state index >= 15 is 0 Å². The van der Waals surface area contributed by atoms with Crippen LogP contribution >= 0.6 is 0 Å². The topological polar surface area (TPSA) is 41.1 Å². The molecule has 22 heavy (non-hydrogen) atoms. The van der Waals surface area contributed by atoms with E-state index in [-0.39, 0.29) is 0 Å². The summed E-state index contributed by atoms with van der Waals surface area (Å²) in [5.41, 5.74) is 2.63. The molecule has 0 amide bonds. The van der Waals surface area contributed by atoms with Gasteiger partial charge in [-0.05, 0) is 45.5 Å². The van der Waals surface area contributed by atoms with Crippen LogP contribution in [-0.4, -0.2) is 42.1 Å². The zero-order valence-corrected chi connectivity index (χ0v) is 13.9. The zero-order valence-electron chi connectivity index (χ0n) is 13.9. The largest absolute Gasteiger partial charge is 0.369 e. The van der Waals surface area contributed by atoms with Gasteiger partial charge >= 0.3 is 0 Å². The lowest BCUT2D eigenvalue weighted by atomic mass is 9.85. The molecule has 1 heterocycles. The van der Waals surface area contributed by atoms with E-state index in [1.165, 1.54) is 31.2 Å². The molecular formula is C18H26N4. The molecule has 1 aromatic heterocycles. The van der Waals surface area contributed by atoms with E-state index in [0.29, 0.717) is 5.41 Å². The molecule has 4 heteroatoms. The minimum absolute atomic E-state index is 0.378. The van der Waals surface area contributed by atoms with Gasteiger partial charge in [-0.15, -0.1) is 0 Å². The molecule has 4 nitrogen and oxygen atoms in total. The third-order valence-electron chi connectivity index (χ3n) is 4.82. The van der Waals surface area contributed by atoms with E-state index in [2.05, 4.69) is 59.4 Å². The first-order valence-corrected chi connectivity index (χ1v) is 8.19. The number of nitrogens with zero attached hydrogens (tertiary/aromatic N) is 3. The standard InChI is InChI=1S/C18H26N4/c1-14-7-6-8-15-16(14)17(21-13-20-15)19-11-18(12-22(2)3)9-4-5-10-18/h6-8,13H,4-5,9-12H2,1-3H3,(H,19,20,21). The summed E-state index contributed by atoms with van der Waals surface area (Å²) < 4.78 is 0. The van der Waals surface area contributed by atoms with Crippen molar-refractivity contribution in [2.75, 3.05) is 32.5 Å². The van der Waals surface area contributed by atoms with Gasteiger partial charge in [-0.1, -0.05) is 25.0 Å². The fourth-order valence-corrected chi connectivity index (χ4v) is 3.87. The molecule has 3 rings (SSSR count). The maximum Gasteiger partial charge on any atom is 0.137 e. The van der Waals surface area contributed by atoms with Crippen molar-refractivity contribution in [2.45, 2.75) is 32.6 Å². The van der Waals surface area contributed by atoms with Crippen molar-refractivity contribution in [3.8, 4) is 0 Å². The summed E-state index contributed by atoms with van der Waals surface area (Å²) in [6, 6.07) is 6.24. The quantitative estimate of drug-likeness (QED) is 0.917. The van der Waals surface area contributed by atoms with Crippen LogP contribution in [-0.2, 0) is 0 Å². The van der Waals surface area contributed by atoms with Gasteiger partial charge in [0.05, 0.1) is 5.52 Å². The van der Waals surface area contributed by atoms with Crippen LogP contribution in [0.2, 0.25) is 0 Å². The Balaban J connectivity index is 1.84. The van der Waals surface area contributed by atoms with Crippen molar-refractivity contribution in [1.29, 1.82) is 0 Å². The monoisotopic (exact) mass is 298 g/mol. The SMILES string of the molecule is Cc1cccc2ncnc(NCC3(CN(C)C)CCCC3)c12. The maximum atomic E-state index is 4.50. The number of aryl methyl sites for hydroxylation is 1. The molecule has 1 aliphatic rings. The second-order valence-electron chi connectivity index (χ2n) is 6.99. The Bertz CT molecular complexity index is 639. The molecule has 0 spiro atoms. The number of fused-ring (bicyclic) bond motifs is 1. The normalized spacial score (nSPS) is 17.3. The Morgan fingerprint density at radius 1 is 1.18 bits per heavy atom. The molecular weight excluding hydrogens is 272 g/mol. The van der Waals surface area contributed by atoms with Crippen molar-refractivity contribution < 1.29 is 0 Å². The van der Waals surface area contributed by atoms with Crippen LogP contribution in [0, 0.1) is 12.3 Å². The van der Waals surface area contributed by atoms with E-state index < -0.39 is 0 Å². The average Bonchev–Trinajstić information content (AvgIpc) is 2.93. The fraction of sp³-hybridized carbons (Fsp3) is 0.556. The lowest BCUT2D eigenvalue weighted by Crippen LogP contribution is -2.37. The second kappa shape index (κ2) is 6.21. The lowest BCUT2D eigenvalue weighted by Gasteiger charge is -2.32. The summed E-state index contributed by atoms with van der Waals surface area (Å²) in [6.45, 7) is 4.26. The number of hydrogen-bond acceptors (Lipinski definition) is 4. The highest BCUT2D eigenvalue weighted by Crippen LogP contribution is 2.39. The summed E-state index contributed by atoms with van der Waals surface area (Å²) >= 11 is 0. The van der Waals surface area contributed by atoms with Crippen LogP contribution in [0.5, 0.6) is 0 Å². The van der Waals surface area contributed by atoms with Crippen molar-refractivity contribution in [3.63, 3.8) is 0 Å². The van der Waals surface area contributed by atoms with Gasteiger partial charge in [0.2, 0.25) is 0 Å². The molecule has 0 aliphatic heterocycles. The van der Waals surface area contributed by atoms with Crippen LogP contribution in [0.4, 0.5) is 5.82 Å². The summed E-state index contributed by atoms with van der Waals surface area (Å²) in [5, 5.41) is 4.79. The number of benzene rings is 1. The number of hydrogen-bond donors (Lipinski definition) is 1. The molecule has 0 bridgehead atoms. The number of rotatable bonds is 5. The Kier molecular flexibility index (Phi) is 4.30. The third kappa shape index (κ3) is 3.07. The summed E-state index contributed by atoms with van der Waals surface area (Å²) in [4.78, 5) is 11.2. The summed E-state index contributed by atoms with van der Waals surface area (Å²) in [6.07, 6.45) is 6.97. The molecule has 0 saturated heterocycles. The highest BCUT2D eigenvalue weighted by atomic mass is 15.1. The zero-order chi connectivity index (χ0) is 15.6. The molecule has 1 N–H and O–H groups in total. The van der Waals surface area contributed by atoms with E-state index in [1.807, 2.05) is 0 Å². The molecule has 2 aromatic rings. The Labute approximate surface area is 133 Å². The van der Waals surface area contributed by atoms with Gasteiger partial charge in [-0.3, -0.25) is 0 Å². The minimum Gasteiger partial charge on any atom is -0.369 e. The van der Waals surface area contributed by atoms with Crippen LogP contribution in [0.25, 0.3) is 10.9 Å². The second-order valence-corrected chi connectivity index (χ2v) is 6.99. The van der Waals surface area contributed by atoms with E-state index in [0.717, 1.165) is 29.8 Å². The number of anilines is 1. The van der Waals surface area contributed by atoms with E-state index in [4.69, 9.17) is 0 Å². The van der Waals surface area contributed by atoms with Crippen molar-refractivity contribution >= 4 is 16.7 Å². The van der Waals surface area contributed by atoms with Gasteiger partial charge in [0.1, 0.15) is 12.1 Å². The van der Waals surface area contributed by atoms with E-state index in [1.54, 1.807) is 6.33 Å². The molecule has 118 valence electrons. The van der Waals surface area contributed by atoms with Crippen molar-refractivity contribution in [1.82, 2.24) is 14.9 Å². The van der Waals surface area contributed by atoms with Crippen LogP contribution in [0.15, 0.2) is 24.5 Å². The first-order chi connectivity index (χ1) is 10.6. The van der Waals surface area contributed by atoms with Gasteiger partial charge in [-0.25, -0.2) is 9.97 Å². The fourth-order valence-electron chi connectivity index (χ4n) is 3.87. The first kappa shape index (κ1) is 15.2. The smallest absolute Gasteiger partial charge is 0.137 e. The number of aromatic nitrogens is 2. The summed E-state index contributed by atoms with van der Waals surface area (Å²) in [7, 11) is 4.34. The average molecular weight is 298 g/mol. The minimum atomic E-state index is 0.378. The lowest BCUT2D eigenvalue weighted by molar-refractivity contribution is 0.215. The van der Waals surface area contributed by atoms with Crippen LogP contribution in [0.1, 0.15) is 31.2 Å². The van der Waals surface area contributed by atoms with Gasteiger partial charge < -0.3 is 10.2 Å².